The van der Waals surface area contributed by atoms with E-state index in [0.29, 0.717) is 31.9 Å². The Labute approximate surface area is 267 Å². The maximum Gasteiger partial charge on any atom is 0.329 e. The van der Waals surface area contributed by atoms with Crippen molar-refractivity contribution in [2.75, 3.05) is 13.2 Å². The molecule has 1 aliphatic carbocycles. The van der Waals surface area contributed by atoms with E-state index in [1.54, 1.807) is 18.7 Å². The van der Waals surface area contributed by atoms with Crippen LogP contribution in [0.15, 0.2) is 18.7 Å². The quantitative estimate of drug-likeness (QED) is 0.0779. The SMILES string of the molecule is CCCCCCCCC(CCCCCCCC)COC(=O)CC1CC(N(CCCCCCCC(=O)O)C(=O)n2ccnc2)C1. The fourth-order valence-electron chi connectivity index (χ4n) is 6.41. The van der Waals surface area contributed by atoms with Gasteiger partial charge in [0, 0.05) is 37.8 Å². The van der Waals surface area contributed by atoms with Crippen molar-refractivity contribution in [1.82, 2.24) is 14.5 Å². The van der Waals surface area contributed by atoms with E-state index in [0.717, 1.165) is 51.4 Å². The normalized spacial score (nSPS) is 16.2. The number of aromatic nitrogens is 2. The van der Waals surface area contributed by atoms with E-state index in [1.165, 1.54) is 81.6 Å². The first-order valence-electron chi connectivity index (χ1n) is 18.1. The Morgan fingerprint density at radius 3 is 1.98 bits per heavy atom. The van der Waals surface area contributed by atoms with E-state index in [2.05, 4.69) is 18.8 Å². The van der Waals surface area contributed by atoms with Crippen molar-refractivity contribution in [2.24, 2.45) is 11.8 Å². The summed E-state index contributed by atoms with van der Waals surface area (Å²) in [6.45, 7) is 5.72. The number of rotatable bonds is 27. The minimum absolute atomic E-state index is 0.0633. The number of ether oxygens (including phenoxy) is 1. The van der Waals surface area contributed by atoms with Crippen molar-refractivity contribution in [3.8, 4) is 0 Å². The molecule has 1 heterocycles. The van der Waals surface area contributed by atoms with Crippen LogP contribution in [0.1, 0.15) is 162 Å². The van der Waals surface area contributed by atoms with Crippen LogP contribution in [0.2, 0.25) is 0 Å². The highest BCUT2D eigenvalue weighted by Gasteiger charge is 2.37. The van der Waals surface area contributed by atoms with Crippen molar-refractivity contribution in [3.63, 3.8) is 0 Å². The first kappa shape index (κ1) is 37.8. The molecule has 0 aromatic carbocycles. The second-order valence-electron chi connectivity index (χ2n) is 13.2. The maximum atomic E-state index is 13.2. The zero-order chi connectivity index (χ0) is 31.8. The van der Waals surface area contributed by atoms with E-state index in [1.807, 2.05) is 4.90 Å². The summed E-state index contributed by atoms with van der Waals surface area (Å²) in [7, 11) is 0. The third kappa shape index (κ3) is 16.6. The number of carboxylic acids is 1. The monoisotopic (exact) mass is 617 g/mol. The first-order chi connectivity index (χ1) is 21.4. The Morgan fingerprint density at radius 2 is 1.41 bits per heavy atom. The summed E-state index contributed by atoms with van der Waals surface area (Å²) in [4.78, 5) is 42.7. The molecule has 0 radical (unpaired) electrons. The molecule has 2 rings (SSSR count). The fraction of sp³-hybridized carbons (Fsp3) is 0.833. The van der Waals surface area contributed by atoms with Crippen molar-refractivity contribution >= 4 is 18.0 Å². The van der Waals surface area contributed by atoms with Gasteiger partial charge in [0.1, 0.15) is 6.33 Å². The topological polar surface area (TPSA) is 102 Å². The third-order valence-electron chi connectivity index (χ3n) is 9.28. The molecule has 8 nitrogen and oxygen atoms in total. The number of nitrogens with zero attached hydrogens (tertiary/aromatic N) is 3. The molecule has 0 saturated heterocycles. The number of carbonyl (C=O) groups is 3. The lowest BCUT2D eigenvalue weighted by molar-refractivity contribution is -0.147. The average Bonchev–Trinajstić information content (AvgIpc) is 3.53. The number of aliphatic carboxylic acids is 1. The first-order valence-corrected chi connectivity index (χ1v) is 18.1. The van der Waals surface area contributed by atoms with Gasteiger partial charge in [0.05, 0.1) is 6.61 Å². The summed E-state index contributed by atoms with van der Waals surface area (Å²) < 4.78 is 7.39. The van der Waals surface area contributed by atoms with Crippen molar-refractivity contribution in [1.29, 1.82) is 0 Å². The Kier molecular flexibility index (Phi) is 20.6. The smallest absolute Gasteiger partial charge is 0.329 e. The van der Waals surface area contributed by atoms with E-state index < -0.39 is 5.97 Å². The number of hydrogen-bond acceptors (Lipinski definition) is 5. The predicted molar refractivity (Wildman–Crippen MR) is 177 cm³/mol. The van der Waals surface area contributed by atoms with E-state index in [9.17, 15) is 14.4 Å². The summed E-state index contributed by atoms with van der Waals surface area (Å²) >= 11 is 0. The van der Waals surface area contributed by atoms with Gasteiger partial charge in [-0.2, -0.15) is 0 Å². The van der Waals surface area contributed by atoms with Crippen molar-refractivity contribution < 1.29 is 24.2 Å². The van der Waals surface area contributed by atoms with E-state index in [4.69, 9.17) is 9.84 Å². The van der Waals surface area contributed by atoms with Gasteiger partial charge in [0.15, 0.2) is 0 Å². The van der Waals surface area contributed by atoms with Crippen LogP contribution in [0.3, 0.4) is 0 Å². The lowest BCUT2D eigenvalue weighted by Crippen LogP contribution is -2.50. The highest BCUT2D eigenvalue weighted by molar-refractivity contribution is 5.77. The molecule has 0 atom stereocenters. The Hall–Kier alpha value is -2.38. The minimum Gasteiger partial charge on any atom is -0.481 e. The van der Waals surface area contributed by atoms with Gasteiger partial charge >= 0.3 is 18.0 Å². The molecule has 1 aromatic heterocycles. The lowest BCUT2D eigenvalue weighted by Gasteiger charge is -2.42. The van der Waals surface area contributed by atoms with Crippen LogP contribution in [0.4, 0.5) is 4.79 Å². The second-order valence-corrected chi connectivity index (χ2v) is 13.2. The number of carbonyl (C=O) groups excluding carboxylic acids is 2. The highest BCUT2D eigenvalue weighted by Crippen LogP contribution is 2.35. The van der Waals surface area contributed by atoms with Crippen molar-refractivity contribution in [2.45, 2.75) is 168 Å². The summed E-state index contributed by atoms with van der Waals surface area (Å²) in [6.07, 6.45) is 29.4. The Morgan fingerprint density at radius 1 is 0.841 bits per heavy atom. The van der Waals surface area contributed by atoms with Crippen LogP contribution in [0, 0.1) is 11.8 Å². The van der Waals surface area contributed by atoms with Gasteiger partial charge in [-0.3, -0.25) is 14.2 Å². The van der Waals surface area contributed by atoms with Crippen molar-refractivity contribution in [3.05, 3.63) is 18.7 Å². The average molecular weight is 618 g/mol. The van der Waals surface area contributed by atoms with E-state index >= 15 is 0 Å². The molecule has 1 saturated carbocycles. The van der Waals surface area contributed by atoms with Crippen LogP contribution in [0.25, 0.3) is 0 Å². The van der Waals surface area contributed by atoms with Crippen LogP contribution in [0.5, 0.6) is 0 Å². The van der Waals surface area contributed by atoms with Gasteiger partial charge in [-0.05, 0) is 50.4 Å². The molecule has 1 aromatic rings. The molecule has 1 amide bonds. The minimum atomic E-state index is -0.744. The Bertz CT molecular complexity index is 868. The number of carboxylic acid groups (broad SMARTS) is 1. The molecule has 252 valence electrons. The molecular weight excluding hydrogens is 554 g/mol. The molecule has 0 unspecified atom stereocenters. The van der Waals surface area contributed by atoms with Gasteiger partial charge in [0.25, 0.3) is 0 Å². The summed E-state index contributed by atoms with van der Waals surface area (Å²) in [6, 6.07) is 0.0644. The molecule has 1 N–H and O–H groups in total. The van der Waals surface area contributed by atoms with Gasteiger partial charge in [0.2, 0.25) is 0 Å². The van der Waals surface area contributed by atoms with Crippen LogP contribution < -0.4 is 0 Å². The largest absolute Gasteiger partial charge is 0.481 e. The molecule has 8 heteroatoms. The van der Waals surface area contributed by atoms with Gasteiger partial charge in [-0.25, -0.2) is 9.78 Å². The summed E-state index contributed by atoms with van der Waals surface area (Å²) in [5, 5.41) is 8.81. The molecule has 0 aliphatic heterocycles. The van der Waals surface area contributed by atoms with E-state index in [-0.39, 0.29) is 30.4 Å². The number of unbranched alkanes of at least 4 members (excludes halogenated alkanes) is 14. The molecule has 0 spiro atoms. The number of amides is 1. The third-order valence-corrected chi connectivity index (χ3v) is 9.28. The molecule has 44 heavy (non-hydrogen) atoms. The number of hydrogen-bond donors (Lipinski definition) is 1. The zero-order valence-electron chi connectivity index (χ0n) is 28.1. The van der Waals surface area contributed by atoms with Crippen LogP contribution in [-0.4, -0.2) is 56.7 Å². The van der Waals surface area contributed by atoms with Gasteiger partial charge in [-0.1, -0.05) is 110 Å². The zero-order valence-corrected chi connectivity index (χ0v) is 28.1. The van der Waals surface area contributed by atoms with Crippen LogP contribution in [-0.2, 0) is 14.3 Å². The molecule has 1 fully saturated rings. The molecule has 0 bridgehead atoms. The number of imidazole rings is 1. The maximum absolute atomic E-state index is 13.2. The standard InChI is InChI=1S/C36H63N3O5/c1-3-5-7-9-12-16-20-31(21-17-13-10-8-6-4-2)29-44-35(42)28-32-26-33(27-32)39(36(43)38-25-23-37-30-38)24-19-15-11-14-18-22-34(40)41/h23,25,30-33H,3-22,24,26-29H2,1-2H3,(H,40,41). The summed E-state index contributed by atoms with van der Waals surface area (Å²) in [5.41, 5.74) is 0. The van der Waals surface area contributed by atoms with Crippen LogP contribution >= 0.6 is 0 Å². The molecule has 1 aliphatic rings. The highest BCUT2D eigenvalue weighted by atomic mass is 16.5. The lowest BCUT2D eigenvalue weighted by atomic mass is 9.77. The second kappa shape index (κ2) is 23.9. The molecular formula is C36H63N3O5. The van der Waals surface area contributed by atoms with Gasteiger partial charge in [-0.15, -0.1) is 0 Å². The number of esters is 1. The predicted octanol–water partition coefficient (Wildman–Crippen LogP) is 9.41. The fourth-order valence-corrected chi connectivity index (χ4v) is 6.41. The summed E-state index contributed by atoms with van der Waals surface area (Å²) in [5.74, 6) is -0.0973. The Balaban J connectivity index is 1.74. The van der Waals surface area contributed by atoms with Gasteiger partial charge < -0.3 is 14.7 Å².